The Bertz CT molecular complexity index is 409. The van der Waals surface area contributed by atoms with Gasteiger partial charge >= 0.3 is 6.18 Å². The maximum absolute atomic E-state index is 12.6. The average Bonchev–Trinajstić information content (AvgIpc) is 2.26. The van der Waals surface area contributed by atoms with E-state index in [0.717, 1.165) is 12.1 Å². The molecule has 0 saturated carbocycles. The number of nitrogens with two attached hydrogens (primary N) is 1. The van der Waals surface area contributed by atoms with E-state index in [4.69, 9.17) is 17.3 Å². The van der Waals surface area contributed by atoms with E-state index in [1.54, 1.807) is 0 Å². The lowest BCUT2D eigenvalue weighted by Gasteiger charge is -2.20. The van der Waals surface area contributed by atoms with Gasteiger partial charge in [-0.05, 0) is 30.2 Å². The number of aliphatic hydroxyl groups is 1. The van der Waals surface area contributed by atoms with E-state index in [1.807, 2.05) is 6.92 Å². The Balaban J connectivity index is 3.06. The monoisotopic (exact) mass is 281 g/mol. The molecule has 1 aromatic carbocycles. The van der Waals surface area contributed by atoms with Crippen LogP contribution in [0, 0.1) is 0 Å². The molecule has 0 heterocycles. The summed E-state index contributed by atoms with van der Waals surface area (Å²) >= 11 is 5.64. The first kappa shape index (κ1) is 15.3. The van der Waals surface area contributed by atoms with Crippen LogP contribution in [-0.4, -0.2) is 11.2 Å². The van der Waals surface area contributed by atoms with Crippen molar-refractivity contribution in [3.8, 4) is 0 Å². The van der Waals surface area contributed by atoms with Crippen LogP contribution >= 0.6 is 11.6 Å². The van der Waals surface area contributed by atoms with Crippen LogP contribution in [-0.2, 0) is 6.18 Å². The van der Waals surface area contributed by atoms with Crippen molar-refractivity contribution in [3.63, 3.8) is 0 Å². The van der Waals surface area contributed by atoms with E-state index in [-0.39, 0.29) is 10.6 Å². The van der Waals surface area contributed by atoms with Crippen LogP contribution in [0.3, 0.4) is 0 Å². The molecule has 0 aliphatic carbocycles. The van der Waals surface area contributed by atoms with E-state index >= 15 is 0 Å². The molecular formula is C12H15ClF3NO. The highest BCUT2D eigenvalue weighted by Crippen LogP contribution is 2.33. The Morgan fingerprint density at radius 3 is 2.44 bits per heavy atom. The normalized spacial score (nSPS) is 15.5. The predicted octanol–water partition coefficient (Wildman–Crippen LogP) is 3.52. The van der Waals surface area contributed by atoms with E-state index in [9.17, 15) is 18.3 Å². The lowest BCUT2D eigenvalue weighted by atomic mass is 9.97. The van der Waals surface area contributed by atoms with Crippen molar-refractivity contribution in [1.82, 2.24) is 0 Å². The second kappa shape index (κ2) is 5.91. The first-order valence-electron chi connectivity index (χ1n) is 5.57. The summed E-state index contributed by atoms with van der Waals surface area (Å²) in [6.07, 6.45) is -4.24. The maximum Gasteiger partial charge on any atom is 0.416 e. The zero-order valence-electron chi connectivity index (χ0n) is 9.84. The number of hydrogen-bond acceptors (Lipinski definition) is 2. The molecule has 2 nitrogen and oxygen atoms in total. The summed E-state index contributed by atoms with van der Waals surface area (Å²) in [5.74, 6) is 0. The molecule has 0 aliphatic heterocycles. The topological polar surface area (TPSA) is 46.2 Å². The van der Waals surface area contributed by atoms with Gasteiger partial charge in [-0.1, -0.05) is 24.9 Å². The Kier molecular flexibility index (Phi) is 5.01. The molecule has 0 amide bonds. The largest absolute Gasteiger partial charge is 0.416 e. The molecule has 0 fully saturated rings. The molecule has 1 aromatic rings. The molecule has 1 rings (SSSR count). The standard InChI is InChI=1S/C12H15ClF3NO/c1-2-3-10(18)11(17)7-4-8(12(14,15)16)6-9(13)5-7/h4-6,10-11,18H,2-3,17H2,1H3/t10-,11+/m0/s1. The molecule has 0 spiro atoms. The van der Waals surface area contributed by atoms with Gasteiger partial charge in [0.25, 0.3) is 0 Å². The highest BCUT2D eigenvalue weighted by Gasteiger charge is 2.32. The molecule has 2 atom stereocenters. The van der Waals surface area contributed by atoms with Crippen molar-refractivity contribution in [1.29, 1.82) is 0 Å². The van der Waals surface area contributed by atoms with Gasteiger partial charge in [-0.2, -0.15) is 13.2 Å². The number of rotatable bonds is 4. The van der Waals surface area contributed by atoms with Gasteiger partial charge in [0.2, 0.25) is 0 Å². The summed E-state index contributed by atoms with van der Waals surface area (Å²) < 4.78 is 37.8. The first-order valence-corrected chi connectivity index (χ1v) is 5.94. The Labute approximate surface area is 109 Å². The molecule has 0 unspecified atom stereocenters. The van der Waals surface area contributed by atoms with Gasteiger partial charge < -0.3 is 10.8 Å². The third-order valence-electron chi connectivity index (χ3n) is 2.63. The van der Waals surface area contributed by atoms with Gasteiger partial charge in [0.05, 0.1) is 17.7 Å². The molecule has 0 aromatic heterocycles. The second-order valence-electron chi connectivity index (χ2n) is 4.15. The predicted molar refractivity (Wildman–Crippen MR) is 64.3 cm³/mol. The highest BCUT2D eigenvalue weighted by atomic mass is 35.5. The third kappa shape index (κ3) is 3.86. The van der Waals surface area contributed by atoms with Crippen molar-refractivity contribution in [2.24, 2.45) is 5.73 Å². The molecule has 0 aliphatic rings. The summed E-state index contributed by atoms with van der Waals surface area (Å²) in [4.78, 5) is 0. The minimum Gasteiger partial charge on any atom is -0.391 e. The molecular weight excluding hydrogens is 267 g/mol. The summed E-state index contributed by atoms with van der Waals surface area (Å²) in [6, 6.07) is 2.24. The van der Waals surface area contributed by atoms with Gasteiger partial charge in [0, 0.05) is 5.02 Å². The van der Waals surface area contributed by atoms with Crippen molar-refractivity contribution in [3.05, 3.63) is 34.3 Å². The molecule has 0 bridgehead atoms. The van der Waals surface area contributed by atoms with Crippen LogP contribution in [0.5, 0.6) is 0 Å². The van der Waals surface area contributed by atoms with E-state index in [1.165, 1.54) is 6.07 Å². The van der Waals surface area contributed by atoms with Crippen molar-refractivity contribution in [2.75, 3.05) is 0 Å². The molecule has 6 heteroatoms. The smallest absolute Gasteiger partial charge is 0.391 e. The molecule has 102 valence electrons. The highest BCUT2D eigenvalue weighted by molar-refractivity contribution is 6.30. The fraction of sp³-hybridized carbons (Fsp3) is 0.500. The van der Waals surface area contributed by atoms with Crippen molar-refractivity contribution >= 4 is 11.6 Å². The zero-order chi connectivity index (χ0) is 13.9. The van der Waals surface area contributed by atoms with Crippen molar-refractivity contribution in [2.45, 2.75) is 38.1 Å². The second-order valence-corrected chi connectivity index (χ2v) is 4.59. The maximum atomic E-state index is 12.6. The van der Waals surface area contributed by atoms with Crippen LogP contribution in [0.2, 0.25) is 5.02 Å². The lowest BCUT2D eigenvalue weighted by Crippen LogP contribution is -2.26. The number of halogens is 4. The number of benzene rings is 1. The van der Waals surface area contributed by atoms with Crippen LogP contribution in [0.1, 0.15) is 36.9 Å². The Morgan fingerprint density at radius 2 is 1.94 bits per heavy atom. The summed E-state index contributed by atoms with van der Waals surface area (Å²) in [6.45, 7) is 1.86. The van der Waals surface area contributed by atoms with Crippen molar-refractivity contribution < 1.29 is 18.3 Å². The number of hydrogen-bond donors (Lipinski definition) is 2. The van der Waals surface area contributed by atoms with Gasteiger partial charge in [0.15, 0.2) is 0 Å². The molecule has 0 radical (unpaired) electrons. The molecule has 0 saturated heterocycles. The minimum absolute atomic E-state index is 0.0426. The van der Waals surface area contributed by atoms with Crippen LogP contribution in [0.4, 0.5) is 13.2 Å². The van der Waals surface area contributed by atoms with Crippen LogP contribution < -0.4 is 5.73 Å². The summed E-state index contributed by atoms with van der Waals surface area (Å²) in [7, 11) is 0. The van der Waals surface area contributed by atoms with Crippen LogP contribution in [0.15, 0.2) is 18.2 Å². The van der Waals surface area contributed by atoms with Gasteiger partial charge in [-0.15, -0.1) is 0 Å². The van der Waals surface area contributed by atoms with Crippen LogP contribution in [0.25, 0.3) is 0 Å². The van der Waals surface area contributed by atoms with Gasteiger partial charge in [-0.3, -0.25) is 0 Å². The Hall–Kier alpha value is -0.780. The average molecular weight is 282 g/mol. The molecule has 3 N–H and O–H groups in total. The molecule has 18 heavy (non-hydrogen) atoms. The fourth-order valence-corrected chi connectivity index (χ4v) is 1.91. The number of alkyl halides is 3. The summed E-state index contributed by atoms with van der Waals surface area (Å²) in [5, 5.41) is 9.66. The van der Waals surface area contributed by atoms with E-state index < -0.39 is 23.9 Å². The minimum atomic E-state index is -4.48. The lowest BCUT2D eigenvalue weighted by molar-refractivity contribution is -0.137. The Morgan fingerprint density at radius 1 is 1.33 bits per heavy atom. The quantitative estimate of drug-likeness (QED) is 0.887. The number of aliphatic hydroxyl groups excluding tert-OH is 1. The fourth-order valence-electron chi connectivity index (χ4n) is 1.67. The summed E-state index contributed by atoms with van der Waals surface area (Å²) in [5.41, 5.74) is 5.06. The van der Waals surface area contributed by atoms with Gasteiger partial charge in [-0.25, -0.2) is 0 Å². The third-order valence-corrected chi connectivity index (χ3v) is 2.85. The van der Waals surface area contributed by atoms with E-state index in [0.29, 0.717) is 12.8 Å². The zero-order valence-corrected chi connectivity index (χ0v) is 10.6. The van der Waals surface area contributed by atoms with Gasteiger partial charge in [0.1, 0.15) is 0 Å². The SMILES string of the molecule is CCC[C@H](O)[C@H](N)c1cc(Cl)cc(C(F)(F)F)c1. The first-order chi connectivity index (χ1) is 8.25. The van der Waals surface area contributed by atoms with E-state index in [2.05, 4.69) is 0 Å².